The van der Waals surface area contributed by atoms with E-state index in [0.717, 1.165) is 17.2 Å². The number of hydrogen-bond acceptors (Lipinski definition) is 3. The van der Waals surface area contributed by atoms with Crippen molar-refractivity contribution in [2.24, 2.45) is 4.99 Å². The zero-order valence-corrected chi connectivity index (χ0v) is 20.8. The van der Waals surface area contributed by atoms with Crippen LogP contribution < -0.4 is 15.5 Å². The molecule has 0 amide bonds. The topological polar surface area (TPSA) is 33.4 Å². The Kier molecular flexibility index (Phi) is 4.82. The largest absolute Gasteiger partial charge is 0.346 e. The number of likely N-dealkylation sites (N-methyl/N-ethyl adjacent to an activating group) is 1. The molecular weight excluding hydrogens is 435 g/mol. The quantitative estimate of drug-likeness (QED) is 0.344. The van der Waals surface area contributed by atoms with E-state index in [2.05, 4.69) is 106 Å². The molecule has 1 unspecified atom stereocenters. The van der Waals surface area contributed by atoms with E-state index >= 15 is 0 Å². The minimum Gasteiger partial charge on any atom is -0.346 e. The van der Waals surface area contributed by atoms with Gasteiger partial charge in [-0.15, -0.1) is 0 Å². The Morgan fingerprint density at radius 2 is 1.47 bits per heavy atom. The van der Waals surface area contributed by atoms with Crippen LogP contribution in [-0.2, 0) is 5.41 Å². The fourth-order valence-corrected chi connectivity index (χ4v) is 8.18. The molecule has 3 heterocycles. The molecule has 168 valence electrons. The van der Waals surface area contributed by atoms with Crippen molar-refractivity contribution in [2.75, 3.05) is 11.9 Å². The first-order valence-corrected chi connectivity index (χ1v) is 12.9. The fourth-order valence-electron chi connectivity index (χ4n) is 5.40. The van der Waals surface area contributed by atoms with Crippen molar-refractivity contribution in [3.05, 3.63) is 107 Å². The van der Waals surface area contributed by atoms with Gasteiger partial charge in [-0.05, 0) is 43.9 Å². The molecule has 3 aromatic carbocycles. The molecule has 34 heavy (non-hydrogen) atoms. The first kappa shape index (κ1) is 21.1. The van der Waals surface area contributed by atoms with Gasteiger partial charge in [-0.3, -0.25) is 0 Å². The summed E-state index contributed by atoms with van der Waals surface area (Å²) in [5, 5.41) is 8.84. The van der Waals surface area contributed by atoms with Crippen LogP contribution in [0.4, 0.5) is 11.5 Å². The number of aromatic nitrogens is 2. The third kappa shape index (κ3) is 3.02. The van der Waals surface area contributed by atoms with Gasteiger partial charge in [0.2, 0.25) is 0 Å². The number of hydrogen-bond donors (Lipinski definition) is 0. The molecule has 5 heteroatoms. The number of nitrogens with zero attached hydrogens (tertiary/aromatic N) is 4. The highest BCUT2D eigenvalue weighted by atomic mass is 31.1. The van der Waals surface area contributed by atoms with Crippen molar-refractivity contribution >= 4 is 36.3 Å². The second-order valence-electron chi connectivity index (χ2n) is 9.37. The van der Waals surface area contributed by atoms with E-state index < -0.39 is 7.92 Å². The summed E-state index contributed by atoms with van der Waals surface area (Å²) >= 11 is 0. The molecule has 0 fully saturated rings. The lowest BCUT2D eigenvalue weighted by Gasteiger charge is -2.32. The first-order chi connectivity index (χ1) is 16.5. The summed E-state index contributed by atoms with van der Waals surface area (Å²) in [4.78, 5) is 7.43. The Morgan fingerprint density at radius 1 is 0.824 bits per heavy atom. The molecule has 4 aromatic rings. The number of benzene rings is 3. The van der Waals surface area contributed by atoms with Crippen LogP contribution in [0.2, 0.25) is 0 Å². The van der Waals surface area contributed by atoms with Gasteiger partial charge in [-0.25, -0.2) is 9.67 Å². The van der Waals surface area contributed by atoms with Crippen LogP contribution in [0, 0.1) is 6.92 Å². The molecule has 0 spiro atoms. The third-order valence-corrected chi connectivity index (χ3v) is 9.50. The number of para-hydroxylation sites is 2. The van der Waals surface area contributed by atoms with Gasteiger partial charge in [0, 0.05) is 35.4 Å². The Balaban J connectivity index is 1.63. The summed E-state index contributed by atoms with van der Waals surface area (Å²) in [7, 11) is 1.36. The molecule has 1 atom stereocenters. The highest BCUT2D eigenvalue weighted by Gasteiger charge is 2.43. The minimum atomic E-state index is -0.830. The predicted octanol–water partition coefficient (Wildman–Crippen LogP) is 5.97. The molecule has 0 bridgehead atoms. The molecule has 0 saturated heterocycles. The zero-order chi connectivity index (χ0) is 23.4. The Hall–Kier alpha value is -3.49. The number of fused-ring (bicyclic) bond motifs is 2. The molecule has 0 N–H and O–H groups in total. The number of anilines is 1. The van der Waals surface area contributed by atoms with Crippen LogP contribution >= 0.6 is 7.92 Å². The van der Waals surface area contributed by atoms with Crippen molar-refractivity contribution in [3.63, 3.8) is 0 Å². The van der Waals surface area contributed by atoms with Gasteiger partial charge in [0.15, 0.2) is 5.82 Å². The maximum absolute atomic E-state index is 5.06. The average molecular weight is 463 g/mol. The number of aliphatic imine (C=N–C) groups is 1. The van der Waals surface area contributed by atoms with Crippen LogP contribution in [-0.4, -0.2) is 23.0 Å². The van der Waals surface area contributed by atoms with E-state index in [0.29, 0.717) is 0 Å². The number of allylic oxidation sites excluding steroid dienone is 2. The fraction of sp³-hybridized carbons (Fsp3) is 0.172. The Labute approximate surface area is 202 Å². The maximum Gasteiger partial charge on any atom is 0.164 e. The van der Waals surface area contributed by atoms with Crippen molar-refractivity contribution in [1.82, 2.24) is 9.78 Å². The van der Waals surface area contributed by atoms with Crippen LogP contribution in [0.1, 0.15) is 25.1 Å². The summed E-state index contributed by atoms with van der Waals surface area (Å²) < 4.78 is 2.00. The van der Waals surface area contributed by atoms with Crippen molar-refractivity contribution in [2.45, 2.75) is 26.2 Å². The van der Waals surface area contributed by atoms with Crippen LogP contribution in [0.15, 0.2) is 101 Å². The van der Waals surface area contributed by atoms with E-state index in [-0.39, 0.29) is 5.41 Å². The summed E-state index contributed by atoms with van der Waals surface area (Å²) in [6, 6.07) is 29.9. The molecule has 0 radical (unpaired) electrons. The van der Waals surface area contributed by atoms with Gasteiger partial charge in [0.05, 0.1) is 16.7 Å². The highest BCUT2D eigenvalue weighted by Crippen LogP contribution is 2.56. The van der Waals surface area contributed by atoms with Gasteiger partial charge in [-0.1, -0.05) is 80.6 Å². The maximum atomic E-state index is 5.06. The van der Waals surface area contributed by atoms with E-state index in [1.807, 2.05) is 22.9 Å². The van der Waals surface area contributed by atoms with Gasteiger partial charge in [-0.2, -0.15) is 5.10 Å². The Morgan fingerprint density at radius 3 is 2.18 bits per heavy atom. The van der Waals surface area contributed by atoms with Crippen LogP contribution in [0.5, 0.6) is 0 Å². The van der Waals surface area contributed by atoms with Crippen molar-refractivity contribution < 1.29 is 0 Å². The van der Waals surface area contributed by atoms with Crippen LogP contribution in [0.25, 0.3) is 5.69 Å². The Bertz CT molecular complexity index is 1450. The zero-order valence-electron chi connectivity index (χ0n) is 19.9. The normalized spacial score (nSPS) is 20.4. The lowest BCUT2D eigenvalue weighted by molar-refractivity contribution is 0.639. The lowest BCUT2D eigenvalue weighted by atomic mass is 9.84. The van der Waals surface area contributed by atoms with Gasteiger partial charge < -0.3 is 4.90 Å². The smallest absolute Gasteiger partial charge is 0.164 e. The summed E-state index contributed by atoms with van der Waals surface area (Å²) in [6.07, 6.45) is 2.11. The SMILES string of the molecule is Cc1nn(-c2ccccc2)c2c1P(c1ccccc1)/C(=C1/N(C)c3ccccc3C1(C)C)C=N2. The monoisotopic (exact) mass is 462 g/mol. The molecular formula is C29H27N4P. The molecule has 0 aliphatic carbocycles. The summed E-state index contributed by atoms with van der Waals surface area (Å²) in [5.74, 6) is 0.944. The minimum absolute atomic E-state index is 0.122. The lowest BCUT2D eigenvalue weighted by Crippen LogP contribution is -2.28. The van der Waals surface area contributed by atoms with E-state index in [9.17, 15) is 0 Å². The van der Waals surface area contributed by atoms with Crippen LogP contribution in [0.3, 0.4) is 0 Å². The molecule has 6 rings (SSSR count). The van der Waals surface area contributed by atoms with Gasteiger partial charge >= 0.3 is 0 Å². The summed E-state index contributed by atoms with van der Waals surface area (Å²) in [5.41, 5.74) is 5.91. The molecule has 2 aliphatic heterocycles. The number of aryl methyl sites for hydroxylation is 1. The average Bonchev–Trinajstić information content (AvgIpc) is 3.31. The molecule has 1 aromatic heterocycles. The van der Waals surface area contributed by atoms with Gasteiger partial charge in [0.1, 0.15) is 0 Å². The molecule has 4 nitrogen and oxygen atoms in total. The number of rotatable bonds is 2. The van der Waals surface area contributed by atoms with Crippen molar-refractivity contribution in [3.8, 4) is 5.69 Å². The standard InChI is InChI=1S/C29H27N4P/c1-20-26-28(33(31-20)21-13-7-5-8-14-21)30-19-25(34(26)22-15-9-6-10-16-22)27-29(2,3)23-17-11-12-18-24(23)32(27)4/h5-19H,1-4H3/b27-25+. The second-order valence-corrected chi connectivity index (χ2v) is 11.5. The van der Waals surface area contributed by atoms with E-state index in [4.69, 9.17) is 10.1 Å². The second kappa shape index (κ2) is 7.78. The van der Waals surface area contributed by atoms with E-state index in [1.165, 1.54) is 32.9 Å². The first-order valence-electron chi connectivity index (χ1n) is 11.6. The van der Waals surface area contributed by atoms with Crippen molar-refractivity contribution in [1.29, 1.82) is 0 Å². The summed E-state index contributed by atoms with van der Waals surface area (Å²) in [6.45, 7) is 6.79. The molecule has 2 aliphatic rings. The van der Waals surface area contributed by atoms with Gasteiger partial charge in [0.25, 0.3) is 0 Å². The van der Waals surface area contributed by atoms with E-state index in [1.54, 1.807) is 0 Å². The predicted molar refractivity (Wildman–Crippen MR) is 144 cm³/mol. The highest BCUT2D eigenvalue weighted by molar-refractivity contribution is 7.78. The third-order valence-electron chi connectivity index (χ3n) is 6.90. The molecule has 0 saturated carbocycles.